The molecule has 4 rings (SSSR count). The van der Waals surface area contributed by atoms with E-state index in [0.717, 1.165) is 29.3 Å². The van der Waals surface area contributed by atoms with E-state index in [1.165, 1.54) is 18.2 Å². The van der Waals surface area contributed by atoms with E-state index in [1.54, 1.807) is 7.11 Å². The fraction of sp³-hybridized carbons (Fsp3) is 0.423. The molecule has 0 aliphatic carbocycles. The van der Waals surface area contributed by atoms with Crippen molar-refractivity contribution < 1.29 is 14.3 Å². The molecule has 0 saturated carbocycles. The van der Waals surface area contributed by atoms with Crippen LogP contribution < -0.4 is 9.47 Å². The van der Waals surface area contributed by atoms with Gasteiger partial charge in [-0.1, -0.05) is 48.2 Å². The molecule has 1 saturated heterocycles. The van der Waals surface area contributed by atoms with Crippen LogP contribution in [0.15, 0.2) is 59.8 Å². The van der Waals surface area contributed by atoms with Crippen molar-refractivity contribution in [2.24, 2.45) is 0 Å². The zero-order valence-electron chi connectivity index (χ0n) is 20.0. The number of hydrogen-bond acceptors (Lipinski definition) is 6. The maximum atomic E-state index is 13.1. The minimum atomic E-state index is 0.160. The van der Waals surface area contributed by atoms with Crippen LogP contribution in [0.2, 0.25) is 0 Å². The van der Waals surface area contributed by atoms with Gasteiger partial charge in [-0.3, -0.25) is 9.36 Å². The number of benzene rings is 2. The molecule has 1 aromatic heterocycles. The summed E-state index contributed by atoms with van der Waals surface area (Å²) in [4.78, 5) is 15.1. The average Bonchev–Trinajstić information content (AvgIpc) is 3.23. The summed E-state index contributed by atoms with van der Waals surface area (Å²) >= 11 is 1.44. The maximum Gasteiger partial charge on any atom is 0.233 e. The van der Waals surface area contributed by atoms with Gasteiger partial charge in [0.2, 0.25) is 5.91 Å². The van der Waals surface area contributed by atoms with E-state index in [9.17, 15) is 4.79 Å². The van der Waals surface area contributed by atoms with E-state index in [1.807, 2.05) is 51.9 Å². The van der Waals surface area contributed by atoms with Gasteiger partial charge < -0.3 is 14.4 Å². The number of amides is 1. The predicted molar refractivity (Wildman–Crippen MR) is 133 cm³/mol. The van der Waals surface area contributed by atoms with Gasteiger partial charge in [0.05, 0.1) is 19.4 Å². The molecular formula is C26H32N4O3S. The van der Waals surface area contributed by atoms with Gasteiger partial charge in [0, 0.05) is 18.2 Å². The molecule has 1 fully saturated rings. The third kappa shape index (κ3) is 5.91. The molecule has 0 unspecified atom stereocenters. The Morgan fingerprint density at radius 2 is 1.76 bits per heavy atom. The Morgan fingerprint density at radius 3 is 2.50 bits per heavy atom. The number of thioether (sulfide) groups is 1. The SMILES string of the molecule is COc1cccc(OCc2nnc(SCC(=O)N3[C@H](C)CCC[C@H]3C)n2Cc2ccccc2)c1. The molecular weight excluding hydrogens is 448 g/mol. The molecule has 0 radical (unpaired) electrons. The number of piperidine rings is 1. The first kappa shape index (κ1) is 24.1. The number of hydrogen-bond donors (Lipinski definition) is 0. The van der Waals surface area contributed by atoms with Gasteiger partial charge in [0.1, 0.15) is 18.1 Å². The van der Waals surface area contributed by atoms with E-state index in [-0.39, 0.29) is 24.6 Å². The van der Waals surface area contributed by atoms with Crippen molar-refractivity contribution in [1.29, 1.82) is 0 Å². The topological polar surface area (TPSA) is 69.5 Å². The van der Waals surface area contributed by atoms with Crippen molar-refractivity contribution in [3.05, 3.63) is 66.0 Å². The van der Waals surface area contributed by atoms with Crippen LogP contribution in [0.5, 0.6) is 11.5 Å². The molecule has 1 amide bonds. The average molecular weight is 481 g/mol. The lowest BCUT2D eigenvalue weighted by Gasteiger charge is -2.39. The lowest BCUT2D eigenvalue weighted by molar-refractivity contribution is -0.134. The van der Waals surface area contributed by atoms with E-state index >= 15 is 0 Å². The normalized spacial score (nSPS) is 18.0. The highest BCUT2D eigenvalue weighted by Crippen LogP contribution is 2.26. The summed E-state index contributed by atoms with van der Waals surface area (Å²) in [5.74, 6) is 2.65. The molecule has 2 heterocycles. The minimum absolute atomic E-state index is 0.160. The second-order valence-electron chi connectivity index (χ2n) is 8.66. The van der Waals surface area contributed by atoms with Crippen molar-refractivity contribution in [2.75, 3.05) is 12.9 Å². The molecule has 7 nitrogen and oxygen atoms in total. The quantitative estimate of drug-likeness (QED) is 0.410. The molecule has 3 aromatic rings. The summed E-state index contributed by atoms with van der Waals surface area (Å²) in [6.07, 6.45) is 3.31. The summed E-state index contributed by atoms with van der Waals surface area (Å²) < 4.78 is 13.3. The van der Waals surface area contributed by atoms with Gasteiger partial charge >= 0.3 is 0 Å². The number of rotatable bonds is 9. The van der Waals surface area contributed by atoms with Gasteiger partial charge in [-0.15, -0.1) is 10.2 Å². The second-order valence-corrected chi connectivity index (χ2v) is 9.60. The van der Waals surface area contributed by atoms with Gasteiger partial charge in [-0.05, 0) is 50.8 Å². The fourth-order valence-corrected chi connectivity index (χ4v) is 5.24. The number of nitrogens with zero attached hydrogens (tertiary/aromatic N) is 4. The van der Waals surface area contributed by atoms with E-state index in [4.69, 9.17) is 9.47 Å². The van der Waals surface area contributed by atoms with Crippen LogP contribution in [0.1, 0.15) is 44.5 Å². The Balaban J connectivity index is 1.49. The van der Waals surface area contributed by atoms with Gasteiger partial charge in [-0.2, -0.15) is 0 Å². The Hall–Kier alpha value is -3.00. The van der Waals surface area contributed by atoms with Gasteiger partial charge in [0.25, 0.3) is 0 Å². The summed E-state index contributed by atoms with van der Waals surface area (Å²) in [5.41, 5.74) is 1.14. The number of methoxy groups -OCH3 is 1. The molecule has 180 valence electrons. The van der Waals surface area contributed by atoms with Gasteiger partial charge in [0.15, 0.2) is 11.0 Å². The molecule has 0 N–H and O–H groups in total. The summed E-state index contributed by atoms with van der Waals surface area (Å²) in [5, 5.41) is 9.54. The molecule has 0 bridgehead atoms. The highest BCUT2D eigenvalue weighted by molar-refractivity contribution is 7.99. The predicted octanol–water partition coefficient (Wildman–Crippen LogP) is 4.80. The lowest BCUT2D eigenvalue weighted by Crippen LogP contribution is -2.48. The Kier molecular flexibility index (Phi) is 8.11. The van der Waals surface area contributed by atoms with Crippen molar-refractivity contribution in [1.82, 2.24) is 19.7 Å². The fourth-order valence-electron chi connectivity index (χ4n) is 4.41. The van der Waals surface area contributed by atoms with Crippen LogP contribution in [0.4, 0.5) is 0 Å². The van der Waals surface area contributed by atoms with E-state index in [0.29, 0.717) is 23.9 Å². The van der Waals surface area contributed by atoms with E-state index in [2.05, 4.69) is 36.2 Å². The first-order valence-corrected chi connectivity index (χ1v) is 12.7. The molecule has 1 aliphatic heterocycles. The molecule has 2 atom stereocenters. The van der Waals surface area contributed by atoms with Crippen LogP contribution in [0.3, 0.4) is 0 Å². The standard InChI is InChI=1S/C26H32N4O3S/c1-19-9-7-10-20(2)30(19)25(31)18-34-26-28-27-24(29(26)16-21-11-5-4-6-12-21)17-33-23-14-8-13-22(15-23)32-3/h4-6,8,11-15,19-20H,7,9-10,16-18H2,1-3H3/t19-,20-/m1/s1. The van der Waals surface area contributed by atoms with Crippen LogP contribution in [-0.2, 0) is 17.9 Å². The summed E-state index contributed by atoms with van der Waals surface area (Å²) in [7, 11) is 1.63. The molecule has 2 aromatic carbocycles. The third-order valence-corrected chi connectivity index (χ3v) is 7.14. The number of carbonyl (C=O) groups is 1. The Bertz CT molecular complexity index is 1080. The first-order valence-electron chi connectivity index (χ1n) is 11.7. The van der Waals surface area contributed by atoms with Crippen molar-refractivity contribution in [3.8, 4) is 11.5 Å². The minimum Gasteiger partial charge on any atom is -0.497 e. The molecule has 1 aliphatic rings. The Morgan fingerprint density at radius 1 is 1.03 bits per heavy atom. The van der Waals surface area contributed by atoms with Gasteiger partial charge in [-0.25, -0.2) is 0 Å². The molecule has 8 heteroatoms. The van der Waals surface area contributed by atoms with Crippen LogP contribution in [0.25, 0.3) is 0 Å². The van der Waals surface area contributed by atoms with Crippen molar-refractivity contribution >= 4 is 17.7 Å². The Labute approximate surface area is 205 Å². The summed E-state index contributed by atoms with van der Waals surface area (Å²) in [6, 6.07) is 18.2. The maximum absolute atomic E-state index is 13.1. The monoisotopic (exact) mass is 480 g/mol. The highest BCUT2D eigenvalue weighted by Gasteiger charge is 2.29. The largest absolute Gasteiger partial charge is 0.497 e. The lowest BCUT2D eigenvalue weighted by atomic mass is 9.98. The number of ether oxygens (including phenoxy) is 2. The number of likely N-dealkylation sites (tertiary alicyclic amines) is 1. The number of carbonyl (C=O) groups excluding carboxylic acids is 1. The van der Waals surface area contributed by atoms with Crippen LogP contribution >= 0.6 is 11.8 Å². The highest BCUT2D eigenvalue weighted by atomic mass is 32.2. The van der Waals surface area contributed by atoms with E-state index < -0.39 is 0 Å². The molecule has 34 heavy (non-hydrogen) atoms. The molecule has 0 spiro atoms. The number of aromatic nitrogens is 3. The van der Waals surface area contributed by atoms with Crippen LogP contribution in [0, 0.1) is 0 Å². The van der Waals surface area contributed by atoms with Crippen molar-refractivity contribution in [2.45, 2.75) is 63.5 Å². The first-order chi connectivity index (χ1) is 16.5. The zero-order chi connectivity index (χ0) is 23.9. The zero-order valence-corrected chi connectivity index (χ0v) is 20.8. The third-order valence-electron chi connectivity index (χ3n) is 6.19. The van der Waals surface area contributed by atoms with Crippen molar-refractivity contribution in [3.63, 3.8) is 0 Å². The second kappa shape index (κ2) is 11.4. The summed E-state index contributed by atoms with van der Waals surface area (Å²) in [6.45, 7) is 5.16. The van der Waals surface area contributed by atoms with Crippen LogP contribution in [-0.4, -0.2) is 50.5 Å². The smallest absolute Gasteiger partial charge is 0.233 e.